The van der Waals surface area contributed by atoms with E-state index in [2.05, 4.69) is 10.2 Å². The van der Waals surface area contributed by atoms with Crippen molar-refractivity contribution in [2.75, 3.05) is 25.5 Å². The van der Waals surface area contributed by atoms with E-state index in [1.807, 2.05) is 27.0 Å². The van der Waals surface area contributed by atoms with Crippen molar-refractivity contribution in [1.29, 1.82) is 0 Å². The number of phenolic OH excluding ortho intramolecular Hbond substituents is 1. The number of benzene rings is 1. The molecular weight excluding hydrogens is 266 g/mol. The summed E-state index contributed by atoms with van der Waals surface area (Å²) in [7, 11) is 2.00. The normalized spacial score (nSPS) is 12.4. The van der Waals surface area contributed by atoms with Crippen LogP contribution in [0.4, 0.5) is 5.69 Å². The highest BCUT2D eigenvalue weighted by Crippen LogP contribution is 2.30. The van der Waals surface area contributed by atoms with Gasteiger partial charge in [-0.15, -0.1) is 0 Å². The van der Waals surface area contributed by atoms with Gasteiger partial charge in [0.05, 0.1) is 0 Å². The highest BCUT2D eigenvalue weighted by molar-refractivity contribution is 5.90. The predicted octanol–water partition coefficient (Wildman–Crippen LogP) is 2.47. The first kappa shape index (κ1) is 17.5. The van der Waals surface area contributed by atoms with Gasteiger partial charge < -0.3 is 16.2 Å². The molecule has 0 bridgehead atoms. The molecule has 21 heavy (non-hydrogen) atoms. The molecule has 0 saturated carbocycles. The largest absolute Gasteiger partial charge is 0.508 e. The maximum Gasteiger partial charge on any atom is 0.224 e. The van der Waals surface area contributed by atoms with Crippen molar-refractivity contribution in [2.45, 2.75) is 39.2 Å². The van der Waals surface area contributed by atoms with Crippen LogP contribution in [0.2, 0.25) is 0 Å². The second-order valence-electron chi connectivity index (χ2n) is 5.37. The summed E-state index contributed by atoms with van der Waals surface area (Å²) >= 11 is 0. The Labute approximate surface area is 127 Å². The van der Waals surface area contributed by atoms with Gasteiger partial charge in [-0.1, -0.05) is 6.92 Å². The van der Waals surface area contributed by atoms with E-state index in [-0.39, 0.29) is 17.7 Å². The lowest BCUT2D eigenvalue weighted by Crippen LogP contribution is -2.25. The van der Waals surface area contributed by atoms with Crippen molar-refractivity contribution >= 4 is 11.6 Å². The van der Waals surface area contributed by atoms with E-state index in [1.165, 1.54) is 0 Å². The standard InChI is InChI=1S/C16H27N3O2/c1-4-6-16(21)18-13-7-8-15(20)14(11-13)12(2)19(3)10-5-9-17/h7-8,11-12,20H,4-6,9-10,17H2,1-3H3,(H,18,21). The van der Waals surface area contributed by atoms with Gasteiger partial charge >= 0.3 is 0 Å². The van der Waals surface area contributed by atoms with Gasteiger partial charge in [0.15, 0.2) is 0 Å². The summed E-state index contributed by atoms with van der Waals surface area (Å²) in [5.74, 6) is 0.244. The van der Waals surface area contributed by atoms with Crippen LogP contribution in [0.5, 0.6) is 5.75 Å². The molecule has 1 atom stereocenters. The van der Waals surface area contributed by atoms with Gasteiger partial charge in [-0.2, -0.15) is 0 Å². The SMILES string of the molecule is CCCC(=O)Nc1ccc(O)c(C(C)N(C)CCCN)c1. The number of rotatable bonds is 8. The smallest absolute Gasteiger partial charge is 0.224 e. The summed E-state index contributed by atoms with van der Waals surface area (Å²) in [6, 6.07) is 5.25. The van der Waals surface area contributed by atoms with Gasteiger partial charge in [-0.3, -0.25) is 9.69 Å². The fraction of sp³-hybridized carbons (Fsp3) is 0.562. The molecule has 1 unspecified atom stereocenters. The molecule has 1 aromatic carbocycles. The lowest BCUT2D eigenvalue weighted by molar-refractivity contribution is -0.116. The van der Waals surface area contributed by atoms with Crippen molar-refractivity contribution in [2.24, 2.45) is 5.73 Å². The summed E-state index contributed by atoms with van der Waals surface area (Å²) in [4.78, 5) is 13.8. The first-order chi connectivity index (χ1) is 9.99. The van der Waals surface area contributed by atoms with E-state index in [0.717, 1.165) is 30.6 Å². The molecule has 0 aliphatic carbocycles. The van der Waals surface area contributed by atoms with Crippen molar-refractivity contribution in [3.05, 3.63) is 23.8 Å². The van der Waals surface area contributed by atoms with Crippen LogP contribution in [0.1, 0.15) is 44.7 Å². The molecule has 1 aromatic rings. The highest BCUT2D eigenvalue weighted by atomic mass is 16.3. The van der Waals surface area contributed by atoms with Crippen LogP contribution in [0.25, 0.3) is 0 Å². The molecule has 1 rings (SSSR count). The van der Waals surface area contributed by atoms with Crippen LogP contribution in [-0.4, -0.2) is 36.1 Å². The zero-order chi connectivity index (χ0) is 15.8. The second-order valence-corrected chi connectivity index (χ2v) is 5.37. The molecule has 5 nitrogen and oxygen atoms in total. The minimum Gasteiger partial charge on any atom is -0.508 e. The quantitative estimate of drug-likeness (QED) is 0.643. The molecule has 0 spiro atoms. The van der Waals surface area contributed by atoms with Crippen LogP contribution < -0.4 is 11.1 Å². The number of aromatic hydroxyl groups is 1. The molecule has 1 amide bonds. The van der Waals surface area contributed by atoms with Crippen LogP contribution in [0, 0.1) is 0 Å². The van der Waals surface area contributed by atoms with E-state index >= 15 is 0 Å². The van der Waals surface area contributed by atoms with E-state index in [4.69, 9.17) is 5.73 Å². The number of carbonyl (C=O) groups excluding carboxylic acids is 1. The Bertz CT molecular complexity index is 463. The Morgan fingerprint density at radius 2 is 2.19 bits per heavy atom. The van der Waals surface area contributed by atoms with E-state index < -0.39 is 0 Å². The number of nitrogens with two attached hydrogens (primary N) is 1. The summed E-state index contributed by atoms with van der Waals surface area (Å²) < 4.78 is 0. The molecule has 5 heteroatoms. The van der Waals surface area contributed by atoms with Crippen molar-refractivity contribution in [3.63, 3.8) is 0 Å². The fourth-order valence-electron chi connectivity index (χ4n) is 2.19. The molecule has 0 aliphatic heterocycles. The minimum atomic E-state index is -0.00159. The summed E-state index contributed by atoms with van der Waals surface area (Å²) in [6.07, 6.45) is 2.23. The first-order valence-electron chi connectivity index (χ1n) is 7.52. The van der Waals surface area contributed by atoms with Gasteiger partial charge in [0, 0.05) is 23.7 Å². The number of hydrogen-bond donors (Lipinski definition) is 3. The highest BCUT2D eigenvalue weighted by Gasteiger charge is 2.16. The van der Waals surface area contributed by atoms with Crippen LogP contribution >= 0.6 is 0 Å². The number of nitrogens with zero attached hydrogens (tertiary/aromatic N) is 1. The third-order valence-electron chi connectivity index (χ3n) is 3.61. The lowest BCUT2D eigenvalue weighted by Gasteiger charge is -2.26. The molecule has 0 aromatic heterocycles. The Morgan fingerprint density at radius 1 is 1.48 bits per heavy atom. The maximum atomic E-state index is 11.7. The zero-order valence-electron chi connectivity index (χ0n) is 13.2. The number of carbonyl (C=O) groups is 1. The van der Waals surface area contributed by atoms with Crippen LogP contribution in [-0.2, 0) is 4.79 Å². The second kappa shape index (κ2) is 8.64. The molecule has 4 N–H and O–H groups in total. The number of phenols is 1. The predicted molar refractivity (Wildman–Crippen MR) is 86.4 cm³/mol. The first-order valence-corrected chi connectivity index (χ1v) is 7.52. The van der Waals surface area contributed by atoms with Gasteiger partial charge in [0.1, 0.15) is 5.75 Å². The average Bonchev–Trinajstić information content (AvgIpc) is 2.46. The summed E-state index contributed by atoms with van der Waals surface area (Å²) in [5, 5.41) is 12.9. The van der Waals surface area contributed by atoms with Crippen LogP contribution in [0.15, 0.2) is 18.2 Å². The van der Waals surface area contributed by atoms with Crippen molar-refractivity contribution in [3.8, 4) is 5.75 Å². The Hall–Kier alpha value is -1.59. The molecule has 0 aliphatic rings. The Balaban J connectivity index is 2.83. The summed E-state index contributed by atoms with van der Waals surface area (Å²) in [5.41, 5.74) is 7.06. The molecule has 0 saturated heterocycles. The fourth-order valence-corrected chi connectivity index (χ4v) is 2.19. The van der Waals surface area contributed by atoms with Gasteiger partial charge in [-0.25, -0.2) is 0 Å². The summed E-state index contributed by atoms with van der Waals surface area (Å²) in [6.45, 7) is 5.51. The minimum absolute atomic E-state index is 0.00159. The number of nitrogens with one attached hydrogen (secondary N) is 1. The molecule has 0 radical (unpaired) electrons. The average molecular weight is 293 g/mol. The van der Waals surface area contributed by atoms with Gasteiger partial charge in [-0.05, 0) is 58.1 Å². The molecule has 0 heterocycles. The van der Waals surface area contributed by atoms with Gasteiger partial charge in [0.2, 0.25) is 5.91 Å². The van der Waals surface area contributed by atoms with Gasteiger partial charge in [0.25, 0.3) is 0 Å². The van der Waals surface area contributed by atoms with Crippen LogP contribution in [0.3, 0.4) is 0 Å². The Morgan fingerprint density at radius 3 is 2.81 bits per heavy atom. The Kier molecular flexibility index (Phi) is 7.19. The molecule has 0 fully saturated rings. The van der Waals surface area contributed by atoms with Crippen molar-refractivity contribution < 1.29 is 9.90 Å². The van der Waals surface area contributed by atoms with E-state index in [9.17, 15) is 9.90 Å². The molecular formula is C16H27N3O2. The lowest BCUT2D eigenvalue weighted by atomic mass is 10.0. The number of amides is 1. The third kappa shape index (κ3) is 5.36. The zero-order valence-corrected chi connectivity index (χ0v) is 13.2. The third-order valence-corrected chi connectivity index (χ3v) is 3.61. The van der Waals surface area contributed by atoms with E-state index in [1.54, 1.807) is 12.1 Å². The topological polar surface area (TPSA) is 78.6 Å². The number of anilines is 1. The number of hydrogen-bond acceptors (Lipinski definition) is 4. The van der Waals surface area contributed by atoms with Crippen molar-refractivity contribution in [1.82, 2.24) is 4.90 Å². The molecule has 118 valence electrons. The monoisotopic (exact) mass is 293 g/mol. The van der Waals surface area contributed by atoms with E-state index in [0.29, 0.717) is 13.0 Å². The maximum absolute atomic E-state index is 11.7.